The van der Waals surface area contributed by atoms with Crippen LogP contribution in [0.5, 0.6) is 0 Å². The second-order valence-corrected chi connectivity index (χ2v) is 3.96. The molecule has 1 unspecified atom stereocenters. The molecule has 3 nitrogen and oxygen atoms in total. The van der Waals surface area contributed by atoms with Crippen molar-refractivity contribution in [3.63, 3.8) is 0 Å². The first-order valence-electron chi connectivity index (χ1n) is 5.80. The summed E-state index contributed by atoms with van der Waals surface area (Å²) in [6.45, 7) is 3.75. The molecule has 5 heteroatoms. The van der Waals surface area contributed by atoms with Crippen molar-refractivity contribution in [1.82, 2.24) is 0 Å². The van der Waals surface area contributed by atoms with E-state index in [0.717, 1.165) is 5.56 Å². The van der Waals surface area contributed by atoms with Crippen molar-refractivity contribution < 1.29 is 18.3 Å². The Bertz CT molecular complexity index is 379. The third-order valence-electron chi connectivity index (χ3n) is 2.40. The number of nitrogens with one attached hydrogen (secondary N) is 1. The van der Waals surface area contributed by atoms with Crippen LogP contribution in [0.1, 0.15) is 18.9 Å². The van der Waals surface area contributed by atoms with E-state index in [1.807, 2.05) is 19.1 Å². The maximum absolute atomic E-state index is 12.8. The summed E-state index contributed by atoms with van der Waals surface area (Å²) >= 11 is 0. The number of hydrogen-bond acceptors (Lipinski definition) is 3. The molecule has 18 heavy (non-hydrogen) atoms. The van der Waals surface area contributed by atoms with Crippen LogP contribution in [-0.4, -0.2) is 25.0 Å². The Morgan fingerprint density at radius 2 is 1.94 bits per heavy atom. The van der Waals surface area contributed by atoms with Crippen LogP contribution in [0.4, 0.5) is 14.5 Å². The molecule has 0 aliphatic carbocycles. The molecule has 100 valence electrons. The fourth-order valence-corrected chi connectivity index (χ4v) is 1.47. The van der Waals surface area contributed by atoms with E-state index in [-0.39, 0.29) is 13.0 Å². The molecule has 0 heterocycles. The zero-order valence-electron chi connectivity index (χ0n) is 10.5. The lowest BCUT2D eigenvalue weighted by molar-refractivity contribution is -0.144. The van der Waals surface area contributed by atoms with Gasteiger partial charge < -0.3 is 10.1 Å². The lowest BCUT2D eigenvalue weighted by Crippen LogP contribution is -2.31. The number of aryl methyl sites for hydroxylation is 1. The minimum absolute atomic E-state index is 0.194. The van der Waals surface area contributed by atoms with Gasteiger partial charge in [-0.1, -0.05) is 17.7 Å². The molecule has 0 radical (unpaired) electrons. The SMILES string of the molecule is CCOC(=O)CC(Nc1ccc(C)cc1)C(F)F. The van der Waals surface area contributed by atoms with Crippen molar-refractivity contribution >= 4 is 11.7 Å². The number of benzene rings is 1. The molecule has 1 N–H and O–H groups in total. The van der Waals surface area contributed by atoms with Crippen molar-refractivity contribution in [2.75, 3.05) is 11.9 Å². The molecule has 1 aromatic carbocycles. The molecule has 0 saturated carbocycles. The highest BCUT2D eigenvalue weighted by Crippen LogP contribution is 2.16. The Hall–Kier alpha value is -1.65. The van der Waals surface area contributed by atoms with Gasteiger partial charge in [0, 0.05) is 5.69 Å². The van der Waals surface area contributed by atoms with E-state index in [9.17, 15) is 13.6 Å². The lowest BCUT2D eigenvalue weighted by atomic mass is 10.1. The fourth-order valence-electron chi connectivity index (χ4n) is 1.47. The van der Waals surface area contributed by atoms with Gasteiger partial charge in [0.2, 0.25) is 0 Å². The first-order chi connectivity index (χ1) is 8.52. The van der Waals surface area contributed by atoms with E-state index in [1.165, 1.54) is 0 Å². The zero-order valence-corrected chi connectivity index (χ0v) is 10.5. The van der Waals surface area contributed by atoms with Gasteiger partial charge in [-0.15, -0.1) is 0 Å². The predicted octanol–water partition coefficient (Wildman–Crippen LogP) is 2.99. The summed E-state index contributed by atoms with van der Waals surface area (Å²) in [5.74, 6) is -0.623. The van der Waals surface area contributed by atoms with Gasteiger partial charge in [-0.3, -0.25) is 4.79 Å². The summed E-state index contributed by atoms with van der Waals surface area (Å²) in [6, 6.07) is 5.81. The summed E-state index contributed by atoms with van der Waals surface area (Å²) in [5, 5.41) is 2.64. The van der Waals surface area contributed by atoms with Crippen LogP contribution in [-0.2, 0) is 9.53 Å². The summed E-state index contributed by atoms with van der Waals surface area (Å²) in [6.07, 6.45) is -2.98. The average molecular weight is 257 g/mol. The van der Waals surface area contributed by atoms with E-state index >= 15 is 0 Å². The van der Waals surface area contributed by atoms with E-state index < -0.39 is 18.4 Å². The molecule has 0 saturated heterocycles. The Morgan fingerprint density at radius 1 is 1.33 bits per heavy atom. The summed E-state index contributed by atoms with van der Waals surface area (Å²) < 4.78 is 30.3. The first kappa shape index (κ1) is 14.4. The monoisotopic (exact) mass is 257 g/mol. The number of esters is 1. The topological polar surface area (TPSA) is 38.3 Å². The second kappa shape index (κ2) is 6.93. The van der Waals surface area contributed by atoms with Gasteiger partial charge in [0.15, 0.2) is 0 Å². The highest BCUT2D eigenvalue weighted by Gasteiger charge is 2.24. The number of carbonyl (C=O) groups excluding carboxylic acids is 1. The summed E-state index contributed by atoms with van der Waals surface area (Å²) in [4.78, 5) is 11.2. The van der Waals surface area contributed by atoms with Crippen LogP contribution in [0.2, 0.25) is 0 Å². The molecule has 0 spiro atoms. The van der Waals surface area contributed by atoms with Gasteiger partial charge in [0.05, 0.1) is 19.1 Å². The van der Waals surface area contributed by atoms with E-state index in [0.29, 0.717) is 5.69 Å². The van der Waals surface area contributed by atoms with Gasteiger partial charge in [-0.2, -0.15) is 0 Å². The fraction of sp³-hybridized carbons (Fsp3) is 0.462. The molecule has 0 aliphatic heterocycles. The normalized spacial score (nSPS) is 12.3. The van der Waals surface area contributed by atoms with Crippen molar-refractivity contribution in [2.45, 2.75) is 32.7 Å². The Kier molecular flexibility index (Phi) is 5.55. The lowest BCUT2D eigenvalue weighted by Gasteiger charge is -2.18. The van der Waals surface area contributed by atoms with Crippen molar-refractivity contribution in [3.05, 3.63) is 29.8 Å². The molecule has 0 bridgehead atoms. The largest absolute Gasteiger partial charge is 0.466 e. The minimum atomic E-state index is -2.63. The minimum Gasteiger partial charge on any atom is -0.466 e. The van der Waals surface area contributed by atoms with Gasteiger partial charge >= 0.3 is 5.97 Å². The number of halogens is 2. The maximum Gasteiger partial charge on any atom is 0.308 e. The molecule has 1 atom stereocenters. The zero-order chi connectivity index (χ0) is 13.5. The number of hydrogen-bond donors (Lipinski definition) is 1. The van der Waals surface area contributed by atoms with E-state index in [1.54, 1.807) is 19.1 Å². The third kappa shape index (κ3) is 4.69. The number of carbonyl (C=O) groups is 1. The van der Waals surface area contributed by atoms with Crippen LogP contribution in [0.25, 0.3) is 0 Å². The van der Waals surface area contributed by atoms with Gasteiger partial charge in [0.1, 0.15) is 0 Å². The molecule has 0 fully saturated rings. The molecule has 0 aliphatic rings. The molecule has 0 aromatic heterocycles. The second-order valence-electron chi connectivity index (χ2n) is 3.96. The van der Waals surface area contributed by atoms with Crippen LogP contribution < -0.4 is 5.32 Å². The molecular formula is C13H17F2NO2. The smallest absolute Gasteiger partial charge is 0.308 e. The van der Waals surface area contributed by atoms with E-state index in [2.05, 4.69) is 10.1 Å². The Balaban J connectivity index is 2.62. The van der Waals surface area contributed by atoms with Gasteiger partial charge in [-0.05, 0) is 26.0 Å². The Labute approximate surface area is 105 Å². The summed E-state index contributed by atoms with van der Waals surface area (Å²) in [7, 11) is 0. The quantitative estimate of drug-likeness (QED) is 0.796. The third-order valence-corrected chi connectivity index (χ3v) is 2.40. The van der Waals surface area contributed by atoms with Gasteiger partial charge in [0.25, 0.3) is 6.43 Å². The number of alkyl halides is 2. The van der Waals surface area contributed by atoms with Crippen molar-refractivity contribution in [1.29, 1.82) is 0 Å². The molecule has 1 aromatic rings. The highest BCUT2D eigenvalue weighted by molar-refractivity contribution is 5.70. The summed E-state index contributed by atoms with van der Waals surface area (Å²) in [5.41, 5.74) is 1.61. The highest BCUT2D eigenvalue weighted by atomic mass is 19.3. The van der Waals surface area contributed by atoms with Crippen molar-refractivity contribution in [2.24, 2.45) is 0 Å². The number of rotatable bonds is 6. The van der Waals surface area contributed by atoms with Gasteiger partial charge in [-0.25, -0.2) is 8.78 Å². The molecule has 0 amide bonds. The standard InChI is InChI=1S/C13H17F2NO2/c1-3-18-12(17)8-11(13(14)15)16-10-6-4-9(2)5-7-10/h4-7,11,13,16H,3,8H2,1-2H3. The van der Waals surface area contributed by atoms with Crippen molar-refractivity contribution in [3.8, 4) is 0 Å². The van der Waals surface area contributed by atoms with Crippen LogP contribution in [0.3, 0.4) is 0 Å². The Morgan fingerprint density at radius 3 is 2.44 bits per heavy atom. The molecule has 1 rings (SSSR count). The predicted molar refractivity (Wildman–Crippen MR) is 65.8 cm³/mol. The molecular weight excluding hydrogens is 240 g/mol. The number of ether oxygens (including phenoxy) is 1. The van der Waals surface area contributed by atoms with Crippen LogP contribution in [0.15, 0.2) is 24.3 Å². The number of anilines is 1. The van der Waals surface area contributed by atoms with Crippen LogP contribution >= 0.6 is 0 Å². The average Bonchev–Trinajstić information content (AvgIpc) is 2.31. The first-order valence-corrected chi connectivity index (χ1v) is 5.80. The van der Waals surface area contributed by atoms with Crippen LogP contribution in [0, 0.1) is 6.92 Å². The van der Waals surface area contributed by atoms with E-state index in [4.69, 9.17) is 0 Å². The maximum atomic E-state index is 12.8.